The third-order valence-electron chi connectivity index (χ3n) is 2.12. The second-order valence-electron chi connectivity index (χ2n) is 2.99. The van der Waals surface area contributed by atoms with Gasteiger partial charge < -0.3 is 0 Å². The number of hydrogen-bond donors (Lipinski definition) is 0. The lowest BCUT2D eigenvalue weighted by atomic mass is 10.1. The fraction of sp³-hybridized carbons (Fsp3) is 0.500. The Hall–Kier alpha value is -0.850. The summed E-state index contributed by atoms with van der Waals surface area (Å²) in [6.07, 6.45) is 6.55. The van der Waals surface area contributed by atoms with Crippen molar-refractivity contribution < 1.29 is 4.79 Å². The molecule has 1 rings (SSSR count). The zero-order valence-electron chi connectivity index (χ0n) is 7.18. The molecule has 0 amide bonds. The van der Waals surface area contributed by atoms with E-state index in [4.69, 9.17) is 0 Å². The lowest BCUT2D eigenvalue weighted by Crippen LogP contribution is -1.98. The van der Waals surface area contributed by atoms with Crippen molar-refractivity contribution in [2.75, 3.05) is 0 Å². The molecule has 1 aliphatic rings. The summed E-state index contributed by atoms with van der Waals surface area (Å²) in [6.45, 7) is 4.02. The van der Waals surface area contributed by atoms with Crippen LogP contribution in [0.3, 0.4) is 0 Å². The molecule has 0 aromatic rings. The fourth-order valence-corrected chi connectivity index (χ4v) is 1.25. The molecule has 0 atom stereocenters. The van der Waals surface area contributed by atoms with Gasteiger partial charge in [-0.15, -0.1) is 0 Å². The van der Waals surface area contributed by atoms with Crippen molar-refractivity contribution in [1.82, 2.24) is 0 Å². The Balaban J connectivity index is 2.77. The minimum Gasteiger partial charge on any atom is -0.295 e. The van der Waals surface area contributed by atoms with Crippen LogP contribution in [0.4, 0.5) is 0 Å². The highest BCUT2D eigenvalue weighted by Crippen LogP contribution is 2.18. The van der Waals surface area contributed by atoms with Crippen LogP contribution >= 0.6 is 0 Å². The molecule has 11 heavy (non-hydrogen) atoms. The average molecular weight is 150 g/mol. The van der Waals surface area contributed by atoms with Crippen molar-refractivity contribution in [3.63, 3.8) is 0 Å². The summed E-state index contributed by atoms with van der Waals surface area (Å²) in [6, 6.07) is 0. The first-order chi connectivity index (χ1) is 5.24. The van der Waals surface area contributed by atoms with Gasteiger partial charge in [0.25, 0.3) is 0 Å². The Morgan fingerprint density at radius 2 is 2.18 bits per heavy atom. The van der Waals surface area contributed by atoms with Crippen molar-refractivity contribution >= 4 is 5.78 Å². The van der Waals surface area contributed by atoms with Gasteiger partial charge in [0, 0.05) is 6.42 Å². The minimum atomic E-state index is 0.320. The van der Waals surface area contributed by atoms with E-state index in [1.165, 1.54) is 5.57 Å². The van der Waals surface area contributed by atoms with E-state index in [0.717, 1.165) is 18.4 Å². The molecule has 0 N–H and O–H groups in total. The van der Waals surface area contributed by atoms with Crippen molar-refractivity contribution in [2.45, 2.75) is 33.1 Å². The molecule has 0 radical (unpaired) electrons. The molecule has 0 saturated heterocycles. The maximum absolute atomic E-state index is 11.3. The van der Waals surface area contributed by atoms with Crippen LogP contribution in [0, 0.1) is 0 Å². The SMILES string of the molecule is C/C=C1\CC=C(C)CCC1=O. The van der Waals surface area contributed by atoms with Crippen LogP contribution in [0.5, 0.6) is 0 Å². The van der Waals surface area contributed by atoms with Crippen molar-refractivity contribution in [3.8, 4) is 0 Å². The molecule has 1 nitrogen and oxygen atoms in total. The lowest BCUT2D eigenvalue weighted by molar-refractivity contribution is -0.115. The van der Waals surface area contributed by atoms with Crippen LogP contribution in [0.25, 0.3) is 0 Å². The van der Waals surface area contributed by atoms with Gasteiger partial charge in [-0.1, -0.05) is 17.7 Å². The van der Waals surface area contributed by atoms with E-state index in [-0.39, 0.29) is 0 Å². The zero-order valence-corrected chi connectivity index (χ0v) is 7.18. The van der Waals surface area contributed by atoms with E-state index in [1.807, 2.05) is 13.0 Å². The standard InChI is InChI=1S/C10H14O/c1-3-9-6-4-8(2)5-7-10(9)11/h3-4H,5-7H2,1-2H3/b9-3+. The molecule has 0 aliphatic heterocycles. The monoisotopic (exact) mass is 150 g/mol. The molecule has 0 aromatic carbocycles. The second-order valence-corrected chi connectivity index (χ2v) is 2.99. The van der Waals surface area contributed by atoms with Gasteiger partial charge in [-0.05, 0) is 32.3 Å². The minimum absolute atomic E-state index is 0.320. The maximum atomic E-state index is 11.3. The molecule has 0 unspecified atom stereocenters. The molecular weight excluding hydrogens is 136 g/mol. The number of Topliss-reactive ketones (excluding diaryl/α,β-unsaturated/α-hetero) is 1. The van der Waals surface area contributed by atoms with Gasteiger partial charge in [-0.3, -0.25) is 4.79 Å². The molecule has 0 heterocycles. The molecule has 0 spiro atoms. The molecular formula is C10H14O. The summed E-state index contributed by atoms with van der Waals surface area (Å²) >= 11 is 0. The van der Waals surface area contributed by atoms with E-state index < -0.39 is 0 Å². The quantitative estimate of drug-likeness (QED) is 0.383. The lowest BCUT2D eigenvalue weighted by Gasteiger charge is -1.96. The van der Waals surface area contributed by atoms with Crippen LogP contribution in [0.2, 0.25) is 0 Å². The van der Waals surface area contributed by atoms with Gasteiger partial charge in [0.1, 0.15) is 0 Å². The number of ketones is 1. The van der Waals surface area contributed by atoms with Gasteiger partial charge in [0.05, 0.1) is 0 Å². The zero-order chi connectivity index (χ0) is 8.27. The Labute approximate surface area is 67.8 Å². The van der Waals surface area contributed by atoms with E-state index in [9.17, 15) is 4.79 Å². The van der Waals surface area contributed by atoms with Gasteiger partial charge in [-0.25, -0.2) is 0 Å². The molecule has 1 heteroatoms. The van der Waals surface area contributed by atoms with E-state index in [1.54, 1.807) is 0 Å². The van der Waals surface area contributed by atoms with Crippen molar-refractivity contribution in [1.29, 1.82) is 0 Å². The number of carbonyl (C=O) groups is 1. The first-order valence-electron chi connectivity index (χ1n) is 4.08. The Kier molecular flexibility index (Phi) is 2.64. The summed E-state index contributed by atoms with van der Waals surface area (Å²) in [5.41, 5.74) is 2.32. The van der Waals surface area contributed by atoms with E-state index in [2.05, 4.69) is 13.0 Å². The van der Waals surface area contributed by atoms with Crippen LogP contribution in [0.1, 0.15) is 33.1 Å². The van der Waals surface area contributed by atoms with Crippen LogP contribution in [-0.4, -0.2) is 5.78 Å². The highest BCUT2D eigenvalue weighted by Gasteiger charge is 2.10. The van der Waals surface area contributed by atoms with Gasteiger partial charge >= 0.3 is 0 Å². The van der Waals surface area contributed by atoms with Crippen LogP contribution in [0.15, 0.2) is 23.3 Å². The first-order valence-corrected chi connectivity index (χ1v) is 4.08. The topological polar surface area (TPSA) is 17.1 Å². The number of carbonyl (C=O) groups excluding carboxylic acids is 1. The number of allylic oxidation sites excluding steroid dienone is 4. The summed E-state index contributed by atoms with van der Waals surface area (Å²) in [5.74, 6) is 0.320. The molecule has 0 saturated carbocycles. The predicted molar refractivity (Wildman–Crippen MR) is 46.4 cm³/mol. The van der Waals surface area contributed by atoms with Crippen molar-refractivity contribution in [3.05, 3.63) is 23.3 Å². The molecule has 0 bridgehead atoms. The molecule has 60 valence electrons. The third-order valence-corrected chi connectivity index (χ3v) is 2.12. The largest absolute Gasteiger partial charge is 0.295 e. The molecule has 1 aliphatic carbocycles. The Morgan fingerprint density at radius 1 is 1.45 bits per heavy atom. The maximum Gasteiger partial charge on any atom is 0.159 e. The smallest absolute Gasteiger partial charge is 0.159 e. The summed E-state index contributed by atoms with van der Waals surface area (Å²) in [4.78, 5) is 11.3. The van der Waals surface area contributed by atoms with E-state index >= 15 is 0 Å². The Bertz CT molecular complexity index is 221. The summed E-state index contributed by atoms with van der Waals surface area (Å²) < 4.78 is 0. The third kappa shape index (κ3) is 2.04. The number of hydrogen-bond acceptors (Lipinski definition) is 1. The van der Waals surface area contributed by atoms with Gasteiger partial charge in [0.2, 0.25) is 0 Å². The van der Waals surface area contributed by atoms with Gasteiger partial charge in [-0.2, -0.15) is 0 Å². The summed E-state index contributed by atoms with van der Waals surface area (Å²) in [7, 11) is 0. The highest BCUT2D eigenvalue weighted by atomic mass is 16.1. The second kappa shape index (κ2) is 3.51. The fourth-order valence-electron chi connectivity index (χ4n) is 1.25. The predicted octanol–water partition coefficient (Wildman–Crippen LogP) is 2.63. The van der Waals surface area contributed by atoms with Crippen LogP contribution < -0.4 is 0 Å². The average Bonchev–Trinajstić information content (AvgIpc) is 2.15. The highest BCUT2D eigenvalue weighted by molar-refractivity contribution is 5.95. The van der Waals surface area contributed by atoms with Crippen LogP contribution in [-0.2, 0) is 4.79 Å². The Morgan fingerprint density at radius 3 is 2.82 bits per heavy atom. The normalized spacial score (nSPS) is 23.3. The number of rotatable bonds is 0. The van der Waals surface area contributed by atoms with Crippen molar-refractivity contribution in [2.24, 2.45) is 0 Å². The molecule has 0 fully saturated rings. The summed E-state index contributed by atoms with van der Waals surface area (Å²) in [5, 5.41) is 0. The van der Waals surface area contributed by atoms with E-state index in [0.29, 0.717) is 12.2 Å². The molecule has 0 aromatic heterocycles. The van der Waals surface area contributed by atoms with Gasteiger partial charge in [0.15, 0.2) is 5.78 Å². The first kappa shape index (κ1) is 8.25.